The Labute approximate surface area is 119 Å². The summed E-state index contributed by atoms with van der Waals surface area (Å²) in [6.07, 6.45) is 2.85. The number of hydrogen-bond donors (Lipinski definition) is 0. The van der Waals surface area contributed by atoms with E-state index in [0.29, 0.717) is 12.8 Å². The predicted molar refractivity (Wildman–Crippen MR) is 71.6 cm³/mol. The lowest BCUT2D eigenvalue weighted by molar-refractivity contribution is -0.262. The second kappa shape index (κ2) is 5.56. The van der Waals surface area contributed by atoms with Gasteiger partial charge < -0.3 is 14.2 Å². The van der Waals surface area contributed by atoms with Crippen molar-refractivity contribution >= 4 is 11.8 Å². The van der Waals surface area contributed by atoms with E-state index in [9.17, 15) is 9.59 Å². The lowest BCUT2D eigenvalue weighted by Gasteiger charge is -2.44. The van der Waals surface area contributed by atoms with Gasteiger partial charge in [-0.15, -0.1) is 0 Å². The van der Waals surface area contributed by atoms with Crippen LogP contribution < -0.4 is 0 Å². The van der Waals surface area contributed by atoms with Crippen LogP contribution in [-0.2, 0) is 23.8 Å². The minimum absolute atomic E-state index is 0.0298. The smallest absolute Gasteiger partial charge is 0.311 e. The fourth-order valence-corrected chi connectivity index (χ4v) is 2.85. The van der Waals surface area contributed by atoms with Gasteiger partial charge in [0.2, 0.25) is 5.78 Å². The molecule has 1 fully saturated rings. The Hall–Kier alpha value is -1.36. The molecule has 0 bridgehead atoms. The van der Waals surface area contributed by atoms with Crippen molar-refractivity contribution in [3.63, 3.8) is 0 Å². The van der Waals surface area contributed by atoms with Crippen LogP contribution in [0.25, 0.3) is 0 Å². The molecule has 0 saturated carbocycles. The zero-order valence-electron chi connectivity index (χ0n) is 12.5. The first-order chi connectivity index (χ1) is 9.39. The molecule has 0 N–H and O–H groups in total. The molecular weight excluding hydrogens is 260 g/mol. The van der Waals surface area contributed by atoms with Crippen LogP contribution in [0.1, 0.15) is 40.0 Å². The quantitative estimate of drug-likeness (QED) is 0.727. The number of carbonyl (C=O) groups is 2. The number of ketones is 1. The molecule has 0 aromatic rings. The van der Waals surface area contributed by atoms with Gasteiger partial charge >= 0.3 is 5.97 Å². The first-order valence-corrected chi connectivity index (χ1v) is 7.02. The first-order valence-electron chi connectivity index (χ1n) is 7.02. The van der Waals surface area contributed by atoms with Crippen LogP contribution in [-0.4, -0.2) is 30.8 Å². The lowest BCUT2D eigenvalue weighted by atomic mass is 9.82. The molecule has 5 nitrogen and oxygen atoms in total. The van der Waals surface area contributed by atoms with Crippen molar-refractivity contribution in [2.24, 2.45) is 11.8 Å². The van der Waals surface area contributed by atoms with Gasteiger partial charge in [0.05, 0.1) is 25.4 Å². The Bertz CT molecular complexity index is 442. The van der Waals surface area contributed by atoms with Crippen LogP contribution in [0, 0.1) is 11.8 Å². The van der Waals surface area contributed by atoms with Crippen molar-refractivity contribution in [3.8, 4) is 0 Å². The molecule has 2 aliphatic heterocycles. The van der Waals surface area contributed by atoms with Gasteiger partial charge in [-0.3, -0.25) is 9.59 Å². The van der Waals surface area contributed by atoms with Crippen LogP contribution in [0.3, 0.4) is 0 Å². The molecule has 5 heteroatoms. The van der Waals surface area contributed by atoms with E-state index < -0.39 is 11.7 Å². The summed E-state index contributed by atoms with van der Waals surface area (Å²) in [6, 6.07) is 0. The van der Waals surface area contributed by atoms with Crippen LogP contribution >= 0.6 is 0 Å². The molecule has 1 saturated heterocycles. The van der Waals surface area contributed by atoms with E-state index in [0.717, 1.165) is 12.0 Å². The molecule has 0 aromatic heterocycles. The Morgan fingerprint density at radius 3 is 2.80 bits per heavy atom. The third-order valence-corrected chi connectivity index (χ3v) is 4.18. The summed E-state index contributed by atoms with van der Waals surface area (Å²) < 4.78 is 16.3. The Morgan fingerprint density at radius 2 is 2.25 bits per heavy atom. The largest absolute Gasteiger partial charge is 0.469 e. The number of ether oxygens (including phenoxy) is 3. The second-order valence-electron chi connectivity index (χ2n) is 5.83. The summed E-state index contributed by atoms with van der Waals surface area (Å²) in [4.78, 5) is 24.0. The van der Waals surface area contributed by atoms with E-state index in [1.165, 1.54) is 7.11 Å². The second-order valence-corrected chi connectivity index (χ2v) is 5.83. The van der Waals surface area contributed by atoms with Gasteiger partial charge in [-0.1, -0.05) is 6.92 Å². The van der Waals surface area contributed by atoms with E-state index in [1.807, 2.05) is 13.8 Å². The number of esters is 1. The zero-order valence-corrected chi connectivity index (χ0v) is 12.5. The third-order valence-electron chi connectivity index (χ3n) is 4.18. The molecule has 1 spiro atoms. The zero-order chi connectivity index (χ0) is 14.9. The van der Waals surface area contributed by atoms with Gasteiger partial charge in [-0.2, -0.15) is 0 Å². The van der Waals surface area contributed by atoms with Crippen molar-refractivity contribution in [1.29, 1.82) is 0 Å². The maximum absolute atomic E-state index is 12.3. The number of methoxy groups -OCH3 is 1. The van der Waals surface area contributed by atoms with Gasteiger partial charge in [0.15, 0.2) is 0 Å². The number of allylic oxidation sites excluding steroid dienone is 1. The Morgan fingerprint density at radius 1 is 1.55 bits per heavy atom. The highest BCUT2D eigenvalue weighted by molar-refractivity contribution is 5.87. The molecular formula is C15H22O5. The van der Waals surface area contributed by atoms with Gasteiger partial charge in [0.25, 0.3) is 5.79 Å². The number of Topliss-reactive ketones (excluding diaryl/α,β-unsaturated/α-hetero) is 1. The number of hydrogen-bond acceptors (Lipinski definition) is 5. The molecule has 0 unspecified atom stereocenters. The normalized spacial score (nSPS) is 35.2. The van der Waals surface area contributed by atoms with Gasteiger partial charge in [-0.05, 0) is 31.8 Å². The molecule has 4 atom stereocenters. The molecule has 20 heavy (non-hydrogen) atoms. The minimum Gasteiger partial charge on any atom is -0.469 e. The molecule has 2 aliphatic rings. The van der Waals surface area contributed by atoms with Gasteiger partial charge in [0.1, 0.15) is 0 Å². The van der Waals surface area contributed by atoms with Crippen LogP contribution in [0.15, 0.2) is 11.8 Å². The van der Waals surface area contributed by atoms with E-state index in [-0.39, 0.29) is 23.8 Å². The fraction of sp³-hybridized carbons (Fsp3) is 0.733. The molecule has 112 valence electrons. The molecule has 0 amide bonds. The van der Waals surface area contributed by atoms with Gasteiger partial charge in [-0.25, -0.2) is 0 Å². The number of rotatable bonds is 2. The van der Waals surface area contributed by atoms with Crippen LogP contribution in [0.5, 0.6) is 0 Å². The summed E-state index contributed by atoms with van der Waals surface area (Å²) in [5, 5.41) is 0. The standard InChI is InChI=1S/C15H22O5/c1-9-5-6-15(19-8-9)12(16)7-10(2)13(20-15)11(3)14(17)18-4/h8,10-11,13H,5-7H2,1-4H3/t10-,11+,13-,15-/m0/s1. The average molecular weight is 282 g/mol. The Kier molecular flexibility index (Phi) is 4.18. The summed E-state index contributed by atoms with van der Waals surface area (Å²) in [7, 11) is 1.36. The predicted octanol–water partition coefficient (Wildman–Crippen LogP) is 2.20. The fourth-order valence-electron chi connectivity index (χ4n) is 2.85. The molecule has 0 aromatic carbocycles. The highest BCUT2D eigenvalue weighted by Gasteiger charge is 2.51. The van der Waals surface area contributed by atoms with Crippen molar-refractivity contribution in [3.05, 3.63) is 11.8 Å². The maximum atomic E-state index is 12.3. The monoisotopic (exact) mass is 282 g/mol. The van der Waals surface area contributed by atoms with Crippen molar-refractivity contribution in [1.82, 2.24) is 0 Å². The van der Waals surface area contributed by atoms with Crippen molar-refractivity contribution in [2.75, 3.05) is 7.11 Å². The van der Waals surface area contributed by atoms with Crippen LogP contribution in [0.2, 0.25) is 0 Å². The molecule has 2 rings (SSSR count). The summed E-state index contributed by atoms with van der Waals surface area (Å²) in [5.74, 6) is -2.02. The van der Waals surface area contributed by atoms with Crippen molar-refractivity contribution in [2.45, 2.75) is 51.9 Å². The maximum Gasteiger partial charge on any atom is 0.311 e. The minimum atomic E-state index is -1.21. The first kappa shape index (κ1) is 15.0. The summed E-state index contributed by atoms with van der Waals surface area (Å²) in [6.45, 7) is 5.64. The Balaban J connectivity index is 2.20. The van der Waals surface area contributed by atoms with E-state index in [4.69, 9.17) is 14.2 Å². The van der Waals surface area contributed by atoms with E-state index >= 15 is 0 Å². The molecule has 0 radical (unpaired) electrons. The summed E-state index contributed by atoms with van der Waals surface area (Å²) in [5.41, 5.74) is 1.09. The molecule has 0 aliphatic carbocycles. The van der Waals surface area contributed by atoms with Crippen molar-refractivity contribution < 1.29 is 23.8 Å². The highest BCUT2D eigenvalue weighted by Crippen LogP contribution is 2.40. The van der Waals surface area contributed by atoms with E-state index in [1.54, 1.807) is 13.2 Å². The lowest BCUT2D eigenvalue weighted by Crippen LogP contribution is -2.55. The number of carbonyl (C=O) groups excluding carboxylic acids is 2. The third kappa shape index (κ3) is 2.59. The SMILES string of the molecule is COC(=O)[C@H](C)[C@H]1O[C@@]2(CCC(C)=CO2)C(=O)C[C@@H]1C. The average Bonchev–Trinajstić information content (AvgIpc) is 2.44. The molecule has 2 heterocycles. The summed E-state index contributed by atoms with van der Waals surface area (Å²) >= 11 is 0. The topological polar surface area (TPSA) is 61.8 Å². The highest BCUT2D eigenvalue weighted by atomic mass is 16.7. The van der Waals surface area contributed by atoms with E-state index in [2.05, 4.69) is 0 Å². The van der Waals surface area contributed by atoms with Gasteiger partial charge in [0, 0.05) is 12.8 Å². The van der Waals surface area contributed by atoms with Crippen LogP contribution in [0.4, 0.5) is 0 Å².